The number of hydrogen-bond acceptors (Lipinski definition) is 2. The average molecular weight is 233 g/mol. The molecule has 1 aliphatic rings. The Balaban J connectivity index is 1.91. The van der Waals surface area contributed by atoms with Crippen LogP contribution in [0.25, 0.3) is 0 Å². The molecule has 1 aromatic carbocycles. The van der Waals surface area contributed by atoms with Crippen LogP contribution in [0.5, 0.6) is 0 Å². The third-order valence-electron chi connectivity index (χ3n) is 3.53. The predicted molar refractivity (Wildman–Crippen MR) is 71.2 cm³/mol. The molecule has 2 rings (SSSR count). The molecule has 1 aromatic rings. The zero-order valence-corrected chi connectivity index (χ0v) is 10.9. The third kappa shape index (κ3) is 3.55. The molecular weight excluding hydrogens is 210 g/mol. The Morgan fingerprint density at radius 3 is 2.71 bits per heavy atom. The number of benzene rings is 1. The minimum Gasteiger partial charge on any atom is -0.380 e. The molecule has 94 valence electrons. The normalized spacial score (nSPS) is 22.4. The van der Waals surface area contributed by atoms with Crippen molar-refractivity contribution in [3.05, 3.63) is 35.4 Å². The summed E-state index contributed by atoms with van der Waals surface area (Å²) in [5.41, 5.74) is 2.77. The van der Waals surface area contributed by atoms with Crippen LogP contribution in [0.3, 0.4) is 0 Å². The zero-order chi connectivity index (χ0) is 12.1. The molecule has 1 saturated heterocycles. The van der Waals surface area contributed by atoms with E-state index in [1.54, 1.807) is 0 Å². The topological polar surface area (TPSA) is 21.3 Å². The van der Waals surface area contributed by atoms with E-state index in [0.717, 1.165) is 19.6 Å². The van der Waals surface area contributed by atoms with Crippen molar-refractivity contribution < 1.29 is 4.74 Å². The van der Waals surface area contributed by atoms with Gasteiger partial charge in [0.2, 0.25) is 0 Å². The Morgan fingerprint density at radius 1 is 1.35 bits per heavy atom. The van der Waals surface area contributed by atoms with E-state index < -0.39 is 0 Å². The van der Waals surface area contributed by atoms with Crippen LogP contribution in [0.2, 0.25) is 0 Å². The maximum Gasteiger partial charge on any atom is 0.0619 e. The zero-order valence-electron chi connectivity index (χ0n) is 10.9. The van der Waals surface area contributed by atoms with Crippen LogP contribution in [-0.2, 0) is 11.2 Å². The summed E-state index contributed by atoms with van der Waals surface area (Å²) >= 11 is 0. The van der Waals surface area contributed by atoms with Gasteiger partial charge in [-0.3, -0.25) is 0 Å². The molecule has 0 amide bonds. The van der Waals surface area contributed by atoms with Gasteiger partial charge < -0.3 is 10.1 Å². The van der Waals surface area contributed by atoms with E-state index in [9.17, 15) is 0 Å². The Morgan fingerprint density at radius 2 is 2.12 bits per heavy atom. The van der Waals surface area contributed by atoms with Crippen molar-refractivity contribution in [2.45, 2.75) is 45.2 Å². The van der Waals surface area contributed by atoms with Crippen molar-refractivity contribution >= 4 is 0 Å². The SMILES string of the molecule is CCc1ccc(C(C)NC2CCCOC2)cc1. The second kappa shape index (κ2) is 6.18. The van der Waals surface area contributed by atoms with E-state index in [-0.39, 0.29) is 0 Å². The first-order valence-electron chi connectivity index (χ1n) is 6.72. The average Bonchev–Trinajstić information content (AvgIpc) is 2.40. The summed E-state index contributed by atoms with van der Waals surface area (Å²) in [5, 5.41) is 3.65. The van der Waals surface area contributed by atoms with Gasteiger partial charge in [-0.15, -0.1) is 0 Å². The number of hydrogen-bond donors (Lipinski definition) is 1. The molecule has 0 aromatic heterocycles. The highest BCUT2D eigenvalue weighted by atomic mass is 16.5. The van der Waals surface area contributed by atoms with Gasteiger partial charge in [0.1, 0.15) is 0 Å². The van der Waals surface area contributed by atoms with Gasteiger partial charge in [-0.1, -0.05) is 31.2 Å². The van der Waals surface area contributed by atoms with Crippen LogP contribution < -0.4 is 5.32 Å². The fraction of sp³-hybridized carbons (Fsp3) is 0.600. The Bertz CT molecular complexity index is 327. The molecule has 1 aliphatic heterocycles. The molecule has 1 N–H and O–H groups in total. The minimum absolute atomic E-state index is 0.410. The van der Waals surface area contributed by atoms with Gasteiger partial charge in [0.05, 0.1) is 6.61 Å². The summed E-state index contributed by atoms with van der Waals surface area (Å²) < 4.78 is 5.49. The largest absolute Gasteiger partial charge is 0.380 e. The number of aryl methyl sites for hydroxylation is 1. The molecule has 0 bridgehead atoms. The van der Waals surface area contributed by atoms with Crippen LogP contribution in [-0.4, -0.2) is 19.3 Å². The molecule has 2 atom stereocenters. The first kappa shape index (κ1) is 12.6. The van der Waals surface area contributed by atoms with Gasteiger partial charge in [-0.25, -0.2) is 0 Å². The van der Waals surface area contributed by atoms with Crippen molar-refractivity contribution in [2.75, 3.05) is 13.2 Å². The second-order valence-electron chi connectivity index (χ2n) is 4.90. The lowest BCUT2D eigenvalue weighted by molar-refractivity contribution is 0.0671. The molecule has 1 fully saturated rings. The summed E-state index contributed by atoms with van der Waals surface area (Å²) in [4.78, 5) is 0. The van der Waals surface area contributed by atoms with Gasteiger partial charge in [0.15, 0.2) is 0 Å². The summed E-state index contributed by atoms with van der Waals surface area (Å²) in [7, 11) is 0. The molecule has 2 heteroatoms. The van der Waals surface area contributed by atoms with Crippen molar-refractivity contribution in [1.29, 1.82) is 0 Å². The van der Waals surface area contributed by atoms with Crippen LogP contribution >= 0.6 is 0 Å². The smallest absolute Gasteiger partial charge is 0.0619 e. The molecule has 0 radical (unpaired) electrons. The first-order chi connectivity index (χ1) is 8.29. The Kier molecular flexibility index (Phi) is 4.57. The van der Waals surface area contributed by atoms with E-state index >= 15 is 0 Å². The molecule has 17 heavy (non-hydrogen) atoms. The van der Waals surface area contributed by atoms with Crippen molar-refractivity contribution in [2.24, 2.45) is 0 Å². The Hall–Kier alpha value is -0.860. The van der Waals surface area contributed by atoms with Gasteiger partial charge in [0.25, 0.3) is 0 Å². The quantitative estimate of drug-likeness (QED) is 0.863. The van der Waals surface area contributed by atoms with Gasteiger partial charge in [-0.2, -0.15) is 0 Å². The number of ether oxygens (including phenoxy) is 1. The fourth-order valence-electron chi connectivity index (χ4n) is 2.36. The van der Waals surface area contributed by atoms with Crippen molar-refractivity contribution in [1.82, 2.24) is 5.32 Å². The summed E-state index contributed by atoms with van der Waals surface area (Å²) in [6.45, 7) is 6.21. The molecule has 2 nitrogen and oxygen atoms in total. The van der Waals surface area contributed by atoms with Crippen molar-refractivity contribution in [3.63, 3.8) is 0 Å². The lowest BCUT2D eigenvalue weighted by Gasteiger charge is -2.27. The highest BCUT2D eigenvalue weighted by molar-refractivity contribution is 5.24. The third-order valence-corrected chi connectivity index (χ3v) is 3.53. The number of rotatable bonds is 4. The van der Waals surface area contributed by atoms with E-state index in [1.165, 1.54) is 24.0 Å². The van der Waals surface area contributed by atoms with E-state index in [1.807, 2.05) is 0 Å². The van der Waals surface area contributed by atoms with Crippen LogP contribution in [0.15, 0.2) is 24.3 Å². The van der Waals surface area contributed by atoms with Gasteiger partial charge in [-0.05, 0) is 37.3 Å². The van der Waals surface area contributed by atoms with Crippen LogP contribution in [0.4, 0.5) is 0 Å². The fourth-order valence-corrected chi connectivity index (χ4v) is 2.36. The first-order valence-corrected chi connectivity index (χ1v) is 6.72. The van der Waals surface area contributed by atoms with E-state index in [4.69, 9.17) is 4.74 Å². The highest BCUT2D eigenvalue weighted by Gasteiger charge is 2.16. The van der Waals surface area contributed by atoms with E-state index in [0.29, 0.717) is 12.1 Å². The standard InChI is InChI=1S/C15H23NO/c1-3-13-6-8-14(9-7-13)12(2)16-15-5-4-10-17-11-15/h6-9,12,15-16H,3-5,10-11H2,1-2H3. The van der Waals surface area contributed by atoms with Crippen LogP contribution in [0, 0.1) is 0 Å². The van der Waals surface area contributed by atoms with Crippen molar-refractivity contribution in [3.8, 4) is 0 Å². The second-order valence-corrected chi connectivity index (χ2v) is 4.90. The Labute approximate surface area is 104 Å². The number of nitrogens with one attached hydrogen (secondary N) is 1. The molecule has 0 aliphatic carbocycles. The summed E-state index contributed by atoms with van der Waals surface area (Å²) in [6, 6.07) is 9.85. The summed E-state index contributed by atoms with van der Waals surface area (Å²) in [5.74, 6) is 0. The predicted octanol–water partition coefficient (Wildman–Crippen LogP) is 3.08. The molecule has 2 unspecified atom stereocenters. The van der Waals surface area contributed by atoms with Gasteiger partial charge >= 0.3 is 0 Å². The highest BCUT2D eigenvalue weighted by Crippen LogP contribution is 2.16. The molecule has 0 saturated carbocycles. The lowest BCUT2D eigenvalue weighted by Crippen LogP contribution is -2.38. The monoisotopic (exact) mass is 233 g/mol. The maximum absolute atomic E-state index is 5.49. The van der Waals surface area contributed by atoms with Crippen LogP contribution in [0.1, 0.15) is 43.9 Å². The molecular formula is C15H23NO. The molecule has 1 heterocycles. The lowest BCUT2D eigenvalue weighted by atomic mass is 10.0. The minimum atomic E-state index is 0.410. The summed E-state index contributed by atoms with van der Waals surface area (Å²) in [6.07, 6.45) is 3.52. The van der Waals surface area contributed by atoms with E-state index in [2.05, 4.69) is 43.4 Å². The van der Waals surface area contributed by atoms with Gasteiger partial charge in [0, 0.05) is 18.7 Å². The molecule has 0 spiro atoms. The maximum atomic E-state index is 5.49.